The van der Waals surface area contributed by atoms with E-state index in [2.05, 4.69) is 40.7 Å². The molecule has 0 saturated carbocycles. The molecule has 1 unspecified atom stereocenters. The molecule has 28 heavy (non-hydrogen) atoms. The number of nitrogens with zero attached hydrogens (tertiary/aromatic N) is 2. The van der Waals surface area contributed by atoms with Crippen molar-refractivity contribution in [1.29, 1.82) is 0 Å². The maximum absolute atomic E-state index is 5.72. The molecule has 0 amide bonds. The Labute approximate surface area is 168 Å². The lowest BCUT2D eigenvalue weighted by molar-refractivity contribution is 0.184. The summed E-state index contributed by atoms with van der Waals surface area (Å²) in [5.74, 6) is 1.83. The van der Waals surface area contributed by atoms with Gasteiger partial charge >= 0.3 is 0 Å². The van der Waals surface area contributed by atoms with Gasteiger partial charge in [0.25, 0.3) is 0 Å². The first kappa shape index (κ1) is 20.4. The Hall–Kier alpha value is -2.31. The third-order valence-corrected chi connectivity index (χ3v) is 5.09. The molecular weight excluding hydrogens is 352 g/mol. The van der Waals surface area contributed by atoms with Gasteiger partial charge in [-0.25, -0.2) is 4.99 Å². The van der Waals surface area contributed by atoms with Gasteiger partial charge in [0, 0.05) is 20.2 Å². The van der Waals surface area contributed by atoms with E-state index in [1.54, 1.807) is 13.4 Å². The van der Waals surface area contributed by atoms with Gasteiger partial charge in [-0.3, -0.25) is 4.90 Å². The molecule has 152 valence electrons. The predicted octanol–water partition coefficient (Wildman–Crippen LogP) is 3.32. The van der Waals surface area contributed by atoms with Crippen molar-refractivity contribution in [3.63, 3.8) is 0 Å². The van der Waals surface area contributed by atoms with Crippen LogP contribution in [0.15, 0.2) is 52.1 Å². The van der Waals surface area contributed by atoms with Gasteiger partial charge in [-0.1, -0.05) is 24.3 Å². The predicted molar refractivity (Wildman–Crippen MR) is 112 cm³/mol. The Morgan fingerprint density at radius 3 is 2.61 bits per heavy atom. The minimum atomic E-state index is 0.224. The van der Waals surface area contributed by atoms with Gasteiger partial charge in [-0.15, -0.1) is 0 Å². The van der Waals surface area contributed by atoms with Crippen molar-refractivity contribution in [1.82, 2.24) is 15.5 Å². The normalized spacial score (nSPS) is 16.3. The number of nitrogens with one attached hydrogen (secondary N) is 2. The lowest BCUT2D eigenvalue weighted by atomic mass is 10.1. The van der Waals surface area contributed by atoms with Crippen molar-refractivity contribution >= 4 is 5.96 Å². The fourth-order valence-corrected chi connectivity index (χ4v) is 3.65. The van der Waals surface area contributed by atoms with Crippen LogP contribution in [0.1, 0.15) is 42.7 Å². The smallest absolute Gasteiger partial charge is 0.191 e. The van der Waals surface area contributed by atoms with E-state index in [-0.39, 0.29) is 6.04 Å². The van der Waals surface area contributed by atoms with E-state index in [0.29, 0.717) is 13.2 Å². The largest absolute Gasteiger partial charge is 0.468 e. The molecule has 1 aliphatic heterocycles. The third kappa shape index (κ3) is 5.59. The summed E-state index contributed by atoms with van der Waals surface area (Å²) in [6, 6.07) is 12.5. The van der Waals surface area contributed by atoms with Crippen molar-refractivity contribution < 1.29 is 9.15 Å². The molecule has 2 aromatic rings. The topological polar surface area (TPSA) is 62.0 Å². The van der Waals surface area contributed by atoms with E-state index in [9.17, 15) is 0 Å². The Balaban J connectivity index is 1.67. The lowest BCUT2D eigenvalue weighted by Gasteiger charge is -2.26. The lowest BCUT2D eigenvalue weighted by Crippen LogP contribution is -2.42. The number of rotatable bonds is 9. The fraction of sp³-hybridized carbons (Fsp3) is 0.500. The van der Waals surface area contributed by atoms with Crippen LogP contribution in [0.4, 0.5) is 0 Å². The number of guanidine groups is 1. The number of aliphatic imine (C=N–C) groups is 1. The van der Waals surface area contributed by atoms with Crippen LogP contribution in [-0.2, 0) is 17.9 Å². The summed E-state index contributed by atoms with van der Waals surface area (Å²) in [5, 5.41) is 6.87. The Bertz CT molecular complexity index is 724. The van der Waals surface area contributed by atoms with Crippen LogP contribution in [0.5, 0.6) is 0 Å². The molecule has 3 rings (SSSR count). The van der Waals surface area contributed by atoms with Crippen LogP contribution >= 0.6 is 0 Å². The van der Waals surface area contributed by atoms with Crippen LogP contribution in [0.25, 0.3) is 0 Å². The summed E-state index contributed by atoms with van der Waals surface area (Å²) in [5.41, 5.74) is 2.36. The highest BCUT2D eigenvalue weighted by atomic mass is 16.5. The standard InChI is InChI=1S/C22H32N4O2/c1-3-23-22(24-15-18-9-4-5-10-19(18)17-27-2)25-16-20(21-11-8-14-28-21)26-12-6-7-13-26/h4-5,8-11,14,20H,3,6-7,12-13,15-17H2,1-2H3,(H2,23,24,25). The van der Waals surface area contributed by atoms with Crippen LogP contribution in [0, 0.1) is 0 Å². The second-order valence-electron chi connectivity index (χ2n) is 7.05. The maximum atomic E-state index is 5.72. The monoisotopic (exact) mass is 384 g/mol. The summed E-state index contributed by atoms with van der Waals surface area (Å²) in [6.07, 6.45) is 4.26. The molecule has 1 aromatic heterocycles. The zero-order chi connectivity index (χ0) is 19.6. The number of hydrogen-bond acceptors (Lipinski definition) is 4. The van der Waals surface area contributed by atoms with Crippen molar-refractivity contribution in [2.24, 2.45) is 4.99 Å². The molecule has 1 atom stereocenters. The first-order valence-electron chi connectivity index (χ1n) is 10.2. The summed E-state index contributed by atoms with van der Waals surface area (Å²) < 4.78 is 11.0. The fourth-order valence-electron chi connectivity index (χ4n) is 3.65. The van der Waals surface area contributed by atoms with E-state index >= 15 is 0 Å². The van der Waals surface area contributed by atoms with Crippen molar-refractivity contribution in [2.45, 2.75) is 39.0 Å². The molecule has 1 saturated heterocycles. The Kier molecular flexibility index (Phi) is 7.94. The molecule has 2 N–H and O–H groups in total. The van der Waals surface area contributed by atoms with Crippen molar-refractivity contribution in [3.8, 4) is 0 Å². The first-order chi connectivity index (χ1) is 13.8. The van der Waals surface area contributed by atoms with E-state index in [4.69, 9.17) is 14.1 Å². The number of furan rings is 1. The first-order valence-corrected chi connectivity index (χ1v) is 10.2. The van der Waals surface area contributed by atoms with E-state index in [1.165, 1.54) is 24.0 Å². The summed E-state index contributed by atoms with van der Waals surface area (Å²) >= 11 is 0. The molecular formula is C22H32N4O2. The Morgan fingerprint density at radius 1 is 1.14 bits per heavy atom. The minimum Gasteiger partial charge on any atom is -0.468 e. The van der Waals surface area contributed by atoms with Gasteiger partial charge in [0.05, 0.1) is 25.5 Å². The molecule has 0 aliphatic carbocycles. The molecule has 2 heterocycles. The average molecular weight is 385 g/mol. The molecule has 1 fully saturated rings. The summed E-state index contributed by atoms with van der Waals surface area (Å²) in [7, 11) is 1.72. The molecule has 6 heteroatoms. The Morgan fingerprint density at radius 2 is 1.93 bits per heavy atom. The molecule has 1 aromatic carbocycles. The zero-order valence-corrected chi connectivity index (χ0v) is 17.0. The van der Waals surface area contributed by atoms with Gasteiger partial charge < -0.3 is 19.8 Å². The number of methoxy groups -OCH3 is 1. The van der Waals surface area contributed by atoms with E-state index in [0.717, 1.165) is 37.9 Å². The molecule has 6 nitrogen and oxygen atoms in total. The summed E-state index contributed by atoms with van der Waals surface area (Å²) in [6.45, 7) is 7.12. The highest BCUT2D eigenvalue weighted by Gasteiger charge is 2.25. The van der Waals surface area contributed by atoms with Crippen LogP contribution < -0.4 is 10.6 Å². The average Bonchev–Trinajstić information content (AvgIpc) is 3.42. The quantitative estimate of drug-likeness (QED) is 0.513. The van der Waals surface area contributed by atoms with E-state index < -0.39 is 0 Å². The van der Waals surface area contributed by atoms with Crippen LogP contribution in [0.3, 0.4) is 0 Å². The molecule has 0 spiro atoms. The number of hydrogen-bond donors (Lipinski definition) is 2. The van der Waals surface area contributed by atoms with Crippen LogP contribution in [0.2, 0.25) is 0 Å². The van der Waals surface area contributed by atoms with Gasteiger partial charge in [0.15, 0.2) is 5.96 Å². The van der Waals surface area contributed by atoms with Gasteiger partial charge in [0.2, 0.25) is 0 Å². The number of likely N-dealkylation sites (tertiary alicyclic amines) is 1. The minimum absolute atomic E-state index is 0.224. The highest BCUT2D eigenvalue weighted by Crippen LogP contribution is 2.24. The van der Waals surface area contributed by atoms with Gasteiger partial charge in [0.1, 0.15) is 5.76 Å². The molecule has 1 aliphatic rings. The van der Waals surface area contributed by atoms with Crippen molar-refractivity contribution in [2.75, 3.05) is 33.3 Å². The second kappa shape index (κ2) is 10.9. The molecule has 0 radical (unpaired) electrons. The third-order valence-electron chi connectivity index (χ3n) is 5.09. The maximum Gasteiger partial charge on any atom is 0.191 e. The number of ether oxygens (including phenoxy) is 1. The highest BCUT2D eigenvalue weighted by molar-refractivity contribution is 5.79. The number of benzene rings is 1. The van der Waals surface area contributed by atoms with Gasteiger partial charge in [-0.05, 0) is 56.1 Å². The summed E-state index contributed by atoms with van der Waals surface area (Å²) in [4.78, 5) is 7.29. The van der Waals surface area contributed by atoms with Crippen molar-refractivity contribution in [3.05, 3.63) is 59.5 Å². The van der Waals surface area contributed by atoms with Gasteiger partial charge in [-0.2, -0.15) is 0 Å². The molecule has 0 bridgehead atoms. The SMILES string of the molecule is CCNC(=NCc1ccccc1COC)NCC(c1ccco1)N1CCCC1. The van der Waals surface area contributed by atoms with E-state index in [1.807, 2.05) is 18.2 Å². The zero-order valence-electron chi connectivity index (χ0n) is 17.0. The second-order valence-corrected chi connectivity index (χ2v) is 7.05. The van der Waals surface area contributed by atoms with Crippen LogP contribution in [-0.4, -0.2) is 44.1 Å².